The number of carbonyl (C=O) groups is 1. The standard InChI is InChI=1S/C19H22F3NO/c20-19(21,22)10-15-12-6-17(14-4-2-1-3-5-14)7-13(15)9-18(8-12,11-17)16(23)24/h1-5,12-13,15H,6-11H2,(H2,23,24). The summed E-state index contributed by atoms with van der Waals surface area (Å²) in [5.41, 5.74) is 6.12. The summed E-state index contributed by atoms with van der Waals surface area (Å²) in [5.74, 6) is -0.779. The van der Waals surface area contributed by atoms with E-state index in [0.717, 1.165) is 18.4 Å². The van der Waals surface area contributed by atoms with Gasteiger partial charge < -0.3 is 5.73 Å². The molecular formula is C19H22F3NO. The Morgan fingerprint density at radius 2 is 1.67 bits per heavy atom. The molecule has 5 rings (SSSR count). The van der Waals surface area contributed by atoms with Gasteiger partial charge in [-0.3, -0.25) is 4.79 Å². The quantitative estimate of drug-likeness (QED) is 0.883. The van der Waals surface area contributed by atoms with Crippen LogP contribution in [-0.4, -0.2) is 12.1 Å². The van der Waals surface area contributed by atoms with Crippen LogP contribution in [0.15, 0.2) is 30.3 Å². The molecule has 0 saturated heterocycles. The van der Waals surface area contributed by atoms with E-state index in [-0.39, 0.29) is 29.1 Å². The van der Waals surface area contributed by atoms with Crippen molar-refractivity contribution in [3.05, 3.63) is 35.9 Å². The Balaban J connectivity index is 1.73. The summed E-state index contributed by atoms with van der Waals surface area (Å²) in [6.07, 6.45) is -1.58. The second-order valence-electron chi connectivity index (χ2n) is 8.29. The molecule has 2 unspecified atom stereocenters. The van der Waals surface area contributed by atoms with Crippen LogP contribution >= 0.6 is 0 Å². The summed E-state index contributed by atoms with van der Waals surface area (Å²) in [6, 6.07) is 10.00. The molecule has 0 aliphatic heterocycles. The van der Waals surface area contributed by atoms with Gasteiger partial charge in [0, 0.05) is 6.42 Å². The van der Waals surface area contributed by atoms with Crippen LogP contribution in [0.3, 0.4) is 0 Å². The molecule has 5 heteroatoms. The molecule has 4 bridgehead atoms. The zero-order valence-corrected chi connectivity index (χ0v) is 13.5. The summed E-state index contributed by atoms with van der Waals surface area (Å²) in [6.45, 7) is 0. The number of alkyl halides is 3. The van der Waals surface area contributed by atoms with Crippen molar-refractivity contribution in [2.24, 2.45) is 28.9 Å². The van der Waals surface area contributed by atoms with Crippen LogP contribution in [0.5, 0.6) is 0 Å². The zero-order valence-electron chi connectivity index (χ0n) is 13.5. The molecule has 130 valence electrons. The second kappa shape index (κ2) is 4.99. The van der Waals surface area contributed by atoms with Crippen molar-refractivity contribution in [1.82, 2.24) is 0 Å². The number of rotatable bonds is 3. The van der Waals surface area contributed by atoms with Gasteiger partial charge in [0.25, 0.3) is 0 Å². The maximum atomic E-state index is 13.0. The van der Waals surface area contributed by atoms with E-state index < -0.39 is 18.0 Å². The van der Waals surface area contributed by atoms with E-state index in [1.165, 1.54) is 0 Å². The fraction of sp³-hybridized carbons (Fsp3) is 0.632. The normalized spacial score (nSPS) is 40.7. The van der Waals surface area contributed by atoms with Gasteiger partial charge in [-0.05, 0) is 60.8 Å². The SMILES string of the molecule is NC(=O)C12CC3CC(c4ccccc4)(CC(C1)C3CC(F)(F)F)C2. The van der Waals surface area contributed by atoms with Crippen LogP contribution in [0.25, 0.3) is 0 Å². The zero-order chi connectivity index (χ0) is 17.2. The van der Waals surface area contributed by atoms with Crippen molar-refractivity contribution >= 4 is 5.91 Å². The minimum Gasteiger partial charge on any atom is -0.369 e. The highest BCUT2D eigenvalue weighted by atomic mass is 19.4. The number of halogens is 3. The maximum absolute atomic E-state index is 13.0. The Kier molecular flexibility index (Phi) is 3.32. The van der Waals surface area contributed by atoms with Gasteiger partial charge in [-0.2, -0.15) is 13.2 Å². The summed E-state index contributed by atoms with van der Waals surface area (Å²) in [5, 5.41) is 0. The lowest BCUT2D eigenvalue weighted by Gasteiger charge is -2.64. The summed E-state index contributed by atoms with van der Waals surface area (Å²) < 4.78 is 39.1. The first-order valence-corrected chi connectivity index (χ1v) is 8.65. The predicted octanol–water partition coefficient (Wildman–Crippen LogP) is 4.19. The first-order chi connectivity index (χ1) is 11.2. The van der Waals surface area contributed by atoms with Crippen LogP contribution in [0, 0.1) is 23.2 Å². The number of nitrogens with two attached hydrogens (primary N) is 1. The van der Waals surface area contributed by atoms with E-state index in [1.807, 2.05) is 18.2 Å². The fourth-order valence-electron chi connectivity index (χ4n) is 6.26. The van der Waals surface area contributed by atoms with E-state index in [4.69, 9.17) is 5.73 Å². The Bertz CT molecular complexity index is 638. The minimum absolute atomic E-state index is 0.0550. The van der Waals surface area contributed by atoms with E-state index >= 15 is 0 Å². The highest BCUT2D eigenvalue weighted by Crippen LogP contribution is 2.68. The highest BCUT2D eigenvalue weighted by molar-refractivity contribution is 5.81. The molecule has 4 aliphatic carbocycles. The van der Waals surface area contributed by atoms with Gasteiger partial charge in [0.1, 0.15) is 0 Å². The van der Waals surface area contributed by atoms with Gasteiger partial charge in [-0.1, -0.05) is 30.3 Å². The molecule has 2 atom stereocenters. The average molecular weight is 337 g/mol. The third-order valence-corrected chi connectivity index (χ3v) is 6.88. The highest BCUT2D eigenvalue weighted by Gasteiger charge is 2.64. The number of benzene rings is 1. The molecule has 4 fully saturated rings. The van der Waals surface area contributed by atoms with Crippen LogP contribution in [0.2, 0.25) is 0 Å². The van der Waals surface area contributed by atoms with Crippen molar-refractivity contribution < 1.29 is 18.0 Å². The van der Waals surface area contributed by atoms with Crippen LogP contribution in [0.4, 0.5) is 13.2 Å². The van der Waals surface area contributed by atoms with Gasteiger partial charge in [-0.25, -0.2) is 0 Å². The molecule has 4 saturated carbocycles. The predicted molar refractivity (Wildman–Crippen MR) is 84.0 cm³/mol. The van der Waals surface area contributed by atoms with Crippen molar-refractivity contribution in [1.29, 1.82) is 0 Å². The molecule has 2 nitrogen and oxygen atoms in total. The van der Waals surface area contributed by atoms with Crippen molar-refractivity contribution in [3.8, 4) is 0 Å². The van der Waals surface area contributed by atoms with Crippen molar-refractivity contribution in [2.75, 3.05) is 0 Å². The van der Waals surface area contributed by atoms with Crippen LogP contribution < -0.4 is 5.73 Å². The Labute approximate surface area is 139 Å². The van der Waals surface area contributed by atoms with Gasteiger partial charge in [0.2, 0.25) is 5.91 Å². The largest absolute Gasteiger partial charge is 0.389 e. The first-order valence-electron chi connectivity index (χ1n) is 8.65. The number of hydrogen-bond donors (Lipinski definition) is 1. The van der Waals surface area contributed by atoms with Gasteiger partial charge in [0.15, 0.2) is 0 Å². The van der Waals surface area contributed by atoms with Gasteiger partial charge in [0.05, 0.1) is 5.41 Å². The molecule has 1 amide bonds. The fourth-order valence-corrected chi connectivity index (χ4v) is 6.26. The number of carbonyl (C=O) groups excluding carboxylic acids is 1. The van der Waals surface area contributed by atoms with Crippen molar-refractivity contribution in [2.45, 2.75) is 50.1 Å². The lowest BCUT2D eigenvalue weighted by molar-refractivity contribution is -0.188. The molecule has 0 radical (unpaired) electrons. The van der Waals surface area contributed by atoms with Crippen LogP contribution in [0.1, 0.15) is 44.1 Å². The number of hydrogen-bond acceptors (Lipinski definition) is 1. The lowest BCUT2D eigenvalue weighted by Crippen LogP contribution is -2.61. The molecule has 1 aromatic rings. The number of amides is 1. The van der Waals surface area contributed by atoms with Crippen molar-refractivity contribution in [3.63, 3.8) is 0 Å². The summed E-state index contributed by atoms with van der Waals surface area (Å²) in [4.78, 5) is 12.2. The van der Waals surface area contributed by atoms with E-state index in [0.29, 0.717) is 19.3 Å². The molecule has 24 heavy (non-hydrogen) atoms. The Hall–Kier alpha value is -1.52. The minimum atomic E-state index is -4.14. The molecule has 0 spiro atoms. The monoisotopic (exact) mass is 337 g/mol. The molecule has 0 aromatic heterocycles. The lowest BCUT2D eigenvalue weighted by atomic mass is 9.39. The molecule has 1 aromatic carbocycles. The Morgan fingerprint density at radius 3 is 2.17 bits per heavy atom. The summed E-state index contributed by atoms with van der Waals surface area (Å²) in [7, 11) is 0. The van der Waals surface area contributed by atoms with E-state index in [1.54, 1.807) is 0 Å². The second-order valence-corrected chi connectivity index (χ2v) is 8.29. The number of primary amides is 1. The third kappa shape index (κ3) is 2.35. The molecular weight excluding hydrogens is 315 g/mol. The smallest absolute Gasteiger partial charge is 0.369 e. The topological polar surface area (TPSA) is 43.1 Å². The van der Waals surface area contributed by atoms with Crippen LogP contribution in [-0.2, 0) is 10.2 Å². The average Bonchev–Trinajstić information content (AvgIpc) is 2.50. The van der Waals surface area contributed by atoms with Gasteiger partial charge in [-0.15, -0.1) is 0 Å². The molecule has 4 aliphatic rings. The summed E-state index contributed by atoms with van der Waals surface area (Å²) >= 11 is 0. The maximum Gasteiger partial charge on any atom is 0.389 e. The molecule has 0 heterocycles. The van der Waals surface area contributed by atoms with E-state index in [2.05, 4.69) is 12.1 Å². The van der Waals surface area contributed by atoms with E-state index in [9.17, 15) is 18.0 Å². The van der Waals surface area contributed by atoms with Gasteiger partial charge >= 0.3 is 6.18 Å². The third-order valence-electron chi connectivity index (χ3n) is 6.88. The molecule has 2 N–H and O–H groups in total. The Morgan fingerprint density at radius 1 is 1.08 bits per heavy atom. The first kappa shape index (κ1) is 16.0.